The number of aryl methyl sites for hydroxylation is 1. The first-order chi connectivity index (χ1) is 10.6. The Labute approximate surface area is 137 Å². The summed E-state index contributed by atoms with van der Waals surface area (Å²) in [5.41, 5.74) is 1.80. The number of nitrogens with zero attached hydrogens (tertiary/aromatic N) is 4. The number of aromatic nitrogens is 3. The highest BCUT2D eigenvalue weighted by molar-refractivity contribution is 7.09. The molecule has 0 saturated heterocycles. The van der Waals surface area contributed by atoms with Gasteiger partial charge in [-0.1, -0.05) is 23.7 Å². The Hall–Kier alpha value is -1.76. The molecular formula is C15H15ClN4OS. The van der Waals surface area contributed by atoms with E-state index in [0.29, 0.717) is 23.3 Å². The molecule has 2 heterocycles. The lowest BCUT2D eigenvalue weighted by atomic mass is 10.2. The third kappa shape index (κ3) is 3.52. The Morgan fingerprint density at radius 1 is 1.23 bits per heavy atom. The molecule has 0 amide bonds. The molecule has 0 atom stereocenters. The summed E-state index contributed by atoms with van der Waals surface area (Å²) in [7, 11) is 1.99. The first-order valence-electron chi connectivity index (χ1n) is 6.78. The molecule has 0 aliphatic carbocycles. The zero-order valence-corrected chi connectivity index (χ0v) is 13.9. The number of hydrogen-bond donors (Lipinski definition) is 0. The Morgan fingerprint density at radius 2 is 2.05 bits per heavy atom. The van der Waals surface area contributed by atoms with E-state index in [4.69, 9.17) is 16.0 Å². The molecule has 22 heavy (non-hydrogen) atoms. The molecule has 5 nitrogen and oxygen atoms in total. The van der Waals surface area contributed by atoms with Crippen molar-refractivity contribution in [3.63, 3.8) is 0 Å². The lowest BCUT2D eigenvalue weighted by Gasteiger charge is -2.11. The predicted molar refractivity (Wildman–Crippen MR) is 86.8 cm³/mol. The summed E-state index contributed by atoms with van der Waals surface area (Å²) < 4.78 is 5.70. The van der Waals surface area contributed by atoms with Gasteiger partial charge in [0.05, 0.1) is 27.8 Å². The minimum Gasteiger partial charge on any atom is -0.419 e. The molecule has 3 aromatic rings. The van der Waals surface area contributed by atoms with E-state index in [2.05, 4.69) is 25.5 Å². The number of benzene rings is 1. The predicted octanol–water partition coefficient (Wildman–Crippen LogP) is 3.79. The molecule has 0 N–H and O–H groups in total. The standard InChI is InChI=1S/C15H15ClN4OS/c1-10-17-11(9-22-10)7-20(2)8-14-18-19-15(21-14)12-5-3-4-6-13(12)16/h3-6,9H,7-8H2,1-2H3. The van der Waals surface area contributed by atoms with Crippen molar-refractivity contribution < 1.29 is 4.42 Å². The molecule has 0 radical (unpaired) electrons. The fraction of sp³-hybridized carbons (Fsp3) is 0.267. The molecule has 2 aromatic heterocycles. The van der Waals surface area contributed by atoms with Gasteiger partial charge in [-0.25, -0.2) is 4.98 Å². The normalized spacial score (nSPS) is 11.3. The van der Waals surface area contributed by atoms with Crippen molar-refractivity contribution in [2.45, 2.75) is 20.0 Å². The van der Waals surface area contributed by atoms with Crippen LogP contribution in [0.25, 0.3) is 11.5 Å². The zero-order valence-electron chi connectivity index (χ0n) is 12.3. The SMILES string of the molecule is Cc1nc(CN(C)Cc2nnc(-c3ccccc3Cl)o2)cs1. The van der Waals surface area contributed by atoms with Gasteiger partial charge in [-0.05, 0) is 26.1 Å². The van der Waals surface area contributed by atoms with Gasteiger partial charge in [0.25, 0.3) is 0 Å². The largest absolute Gasteiger partial charge is 0.419 e. The molecule has 0 aliphatic rings. The Kier molecular flexibility index (Phi) is 4.52. The van der Waals surface area contributed by atoms with E-state index < -0.39 is 0 Å². The molecule has 3 rings (SSSR count). The second kappa shape index (κ2) is 6.56. The van der Waals surface area contributed by atoms with Gasteiger partial charge >= 0.3 is 0 Å². The monoisotopic (exact) mass is 334 g/mol. The van der Waals surface area contributed by atoms with Crippen molar-refractivity contribution in [3.05, 3.63) is 51.3 Å². The van der Waals surface area contributed by atoms with Crippen LogP contribution in [0.2, 0.25) is 5.02 Å². The fourth-order valence-electron chi connectivity index (χ4n) is 2.11. The van der Waals surface area contributed by atoms with Crippen LogP contribution in [0.5, 0.6) is 0 Å². The lowest BCUT2D eigenvalue weighted by molar-refractivity contribution is 0.280. The summed E-state index contributed by atoms with van der Waals surface area (Å²) in [6.07, 6.45) is 0. The van der Waals surface area contributed by atoms with E-state index in [-0.39, 0.29) is 0 Å². The molecule has 0 saturated carbocycles. The summed E-state index contributed by atoms with van der Waals surface area (Å²) in [4.78, 5) is 6.53. The van der Waals surface area contributed by atoms with E-state index in [9.17, 15) is 0 Å². The fourth-order valence-corrected chi connectivity index (χ4v) is 2.93. The van der Waals surface area contributed by atoms with Crippen LogP contribution in [0.4, 0.5) is 0 Å². The number of rotatable bonds is 5. The second-order valence-electron chi connectivity index (χ2n) is 5.01. The van der Waals surface area contributed by atoms with Gasteiger partial charge in [0.1, 0.15) is 0 Å². The molecule has 114 valence electrons. The van der Waals surface area contributed by atoms with Crippen molar-refractivity contribution in [2.75, 3.05) is 7.05 Å². The summed E-state index contributed by atoms with van der Waals surface area (Å²) in [6.45, 7) is 3.31. The van der Waals surface area contributed by atoms with Crippen LogP contribution in [0, 0.1) is 6.92 Å². The zero-order chi connectivity index (χ0) is 15.5. The van der Waals surface area contributed by atoms with E-state index in [1.54, 1.807) is 17.4 Å². The number of halogens is 1. The second-order valence-corrected chi connectivity index (χ2v) is 6.48. The van der Waals surface area contributed by atoms with E-state index in [1.165, 1.54) is 0 Å². The highest BCUT2D eigenvalue weighted by atomic mass is 35.5. The molecule has 7 heteroatoms. The van der Waals surface area contributed by atoms with Gasteiger partial charge in [0.2, 0.25) is 11.8 Å². The molecule has 0 bridgehead atoms. The van der Waals surface area contributed by atoms with E-state index in [0.717, 1.165) is 22.8 Å². The topological polar surface area (TPSA) is 55.1 Å². The highest BCUT2D eigenvalue weighted by Gasteiger charge is 2.13. The van der Waals surface area contributed by atoms with E-state index >= 15 is 0 Å². The average Bonchev–Trinajstić information content (AvgIpc) is 3.09. The average molecular weight is 335 g/mol. The summed E-state index contributed by atoms with van der Waals surface area (Å²) in [5, 5.41) is 11.9. The molecule has 0 spiro atoms. The van der Waals surface area contributed by atoms with Crippen molar-refractivity contribution in [2.24, 2.45) is 0 Å². The van der Waals surface area contributed by atoms with Crippen LogP contribution in [-0.4, -0.2) is 27.1 Å². The van der Waals surface area contributed by atoms with Crippen molar-refractivity contribution in [1.82, 2.24) is 20.1 Å². The van der Waals surface area contributed by atoms with Gasteiger partial charge in [-0.15, -0.1) is 21.5 Å². The maximum Gasteiger partial charge on any atom is 0.249 e. The van der Waals surface area contributed by atoms with Crippen molar-refractivity contribution >= 4 is 22.9 Å². The first-order valence-corrected chi connectivity index (χ1v) is 8.04. The van der Waals surface area contributed by atoms with Gasteiger partial charge < -0.3 is 4.42 Å². The molecule has 0 aliphatic heterocycles. The quantitative estimate of drug-likeness (QED) is 0.710. The molecule has 1 aromatic carbocycles. The van der Waals surface area contributed by atoms with Crippen LogP contribution in [0.15, 0.2) is 34.1 Å². The molecule has 0 fully saturated rings. The Bertz CT molecular complexity index is 770. The highest BCUT2D eigenvalue weighted by Crippen LogP contribution is 2.26. The maximum atomic E-state index is 6.14. The van der Waals surface area contributed by atoms with Crippen LogP contribution in [0.3, 0.4) is 0 Å². The van der Waals surface area contributed by atoms with Crippen LogP contribution in [0.1, 0.15) is 16.6 Å². The van der Waals surface area contributed by atoms with Gasteiger partial charge in [0, 0.05) is 11.9 Å². The van der Waals surface area contributed by atoms with Gasteiger partial charge in [0.15, 0.2) is 0 Å². The van der Waals surface area contributed by atoms with Crippen LogP contribution in [-0.2, 0) is 13.1 Å². The van der Waals surface area contributed by atoms with Crippen molar-refractivity contribution in [1.29, 1.82) is 0 Å². The lowest BCUT2D eigenvalue weighted by Crippen LogP contribution is -2.17. The number of thiazole rings is 1. The third-order valence-corrected chi connectivity index (χ3v) is 4.23. The molecule has 0 unspecified atom stereocenters. The maximum absolute atomic E-state index is 6.14. The van der Waals surface area contributed by atoms with E-state index in [1.807, 2.05) is 32.2 Å². The summed E-state index contributed by atoms with van der Waals surface area (Å²) >= 11 is 7.79. The number of hydrogen-bond acceptors (Lipinski definition) is 6. The van der Waals surface area contributed by atoms with Crippen LogP contribution >= 0.6 is 22.9 Å². The minimum atomic E-state index is 0.443. The Balaban J connectivity index is 1.68. The van der Waals surface area contributed by atoms with Gasteiger partial charge in [-0.3, -0.25) is 4.90 Å². The van der Waals surface area contributed by atoms with Crippen LogP contribution < -0.4 is 0 Å². The molecular weight excluding hydrogens is 320 g/mol. The van der Waals surface area contributed by atoms with Crippen molar-refractivity contribution in [3.8, 4) is 11.5 Å². The minimum absolute atomic E-state index is 0.443. The summed E-state index contributed by atoms with van der Waals surface area (Å²) in [5.74, 6) is 1.00. The smallest absolute Gasteiger partial charge is 0.249 e. The van der Waals surface area contributed by atoms with Gasteiger partial charge in [-0.2, -0.15) is 0 Å². The third-order valence-electron chi connectivity index (χ3n) is 3.07. The Morgan fingerprint density at radius 3 is 2.77 bits per heavy atom. The summed E-state index contributed by atoms with van der Waals surface area (Å²) in [6, 6.07) is 7.42. The first kappa shape index (κ1) is 15.1.